The van der Waals surface area contributed by atoms with Crippen LogP contribution in [-0.2, 0) is 9.59 Å². The molecule has 0 N–H and O–H groups in total. The van der Waals surface area contributed by atoms with Crippen molar-refractivity contribution in [2.24, 2.45) is 23.7 Å². The molecule has 4 atom stereocenters. The van der Waals surface area contributed by atoms with Gasteiger partial charge < -0.3 is 19.8 Å². The third kappa shape index (κ3) is 5.17. The Balaban J connectivity index is 0.000000339. The zero-order valence-electron chi connectivity index (χ0n) is 11.8. The Bertz CT molecular complexity index is 426. The quantitative estimate of drug-likeness (QED) is 0.288. The van der Waals surface area contributed by atoms with Gasteiger partial charge in [0.05, 0.1) is 11.9 Å². The summed E-state index contributed by atoms with van der Waals surface area (Å²) in [7, 11) is 0. The predicted molar refractivity (Wildman–Crippen MR) is 60.6 cm³/mol. The Kier molecular flexibility index (Phi) is 9.31. The monoisotopic (exact) mass is 292 g/mol. The first-order valence-corrected chi connectivity index (χ1v) is 6.03. The van der Waals surface area contributed by atoms with Crippen molar-refractivity contribution in [1.29, 1.82) is 0 Å². The number of aliphatic carboxylic acids is 2. The summed E-state index contributed by atoms with van der Waals surface area (Å²) < 4.78 is 0. The van der Waals surface area contributed by atoms with Gasteiger partial charge in [0.15, 0.2) is 0 Å². The van der Waals surface area contributed by atoms with Crippen molar-refractivity contribution in [3.63, 3.8) is 0 Å². The van der Waals surface area contributed by atoms with Gasteiger partial charge in [-0.1, -0.05) is 24.3 Å². The molecule has 0 saturated heterocycles. The van der Waals surface area contributed by atoms with Crippen molar-refractivity contribution < 1.29 is 78.9 Å². The van der Waals surface area contributed by atoms with E-state index < -0.39 is 11.9 Å². The molecular formula is C14H14Na2O4. The molecule has 0 radical (unpaired) electrons. The molecule has 0 heterocycles. The zero-order valence-corrected chi connectivity index (χ0v) is 15.8. The van der Waals surface area contributed by atoms with Crippen LogP contribution >= 0.6 is 0 Å². The maximum atomic E-state index is 9.41. The molecule has 3 aliphatic carbocycles. The van der Waals surface area contributed by atoms with E-state index in [1.54, 1.807) is 0 Å². The van der Waals surface area contributed by atoms with Crippen molar-refractivity contribution >= 4 is 11.9 Å². The van der Waals surface area contributed by atoms with Gasteiger partial charge in [-0.2, -0.15) is 0 Å². The Morgan fingerprint density at radius 3 is 2.00 bits per heavy atom. The van der Waals surface area contributed by atoms with Crippen LogP contribution in [-0.4, -0.2) is 11.9 Å². The van der Waals surface area contributed by atoms with E-state index in [0.29, 0.717) is 12.2 Å². The number of carboxylic acids is 2. The first-order valence-electron chi connectivity index (χ1n) is 6.03. The zero-order chi connectivity index (χ0) is 13.1. The number of fused-ring (bicyclic) bond motifs is 5. The summed E-state index contributed by atoms with van der Waals surface area (Å²) in [5.41, 5.74) is 0. The second-order valence-electron chi connectivity index (χ2n) is 4.82. The minimum Gasteiger partial charge on any atom is -0.545 e. The van der Waals surface area contributed by atoms with Crippen LogP contribution in [0.1, 0.15) is 12.8 Å². The van der Waals surface area contributed by atoms with Crippen molar-refractivity contribution in [3.8, 4) is 0 Å². The molecule has 0 aromatic carbocycles. The fraction of sp³-hybridized carbons (Fsp3) is 0.429. The Hall–Kier alpha value is 0.160. The normalized spacial score (nSPS) is 31.0. The summed E-state index contributed by atoms with van der Waals surface area (Å²) in [5, 5.41) is 18.8. The summed E-state index contributed by atoms with van der Waals surface area (Å²) >= 11 is 0. The molecule has 4 nitrogen and oxygen atoms in total. The molecule has 3 rings (SSSR count). The molecule has 2 bridgehead atoms. The van der Waals surface area contributed by atoms with Gasteiger partial charge in [0.25, 0.3) is 0 Å². The molecule has 0 spiro atoms. The summed E-state index contributed by atoms with van der Waals surface area (Å²) in [6, 6.07) is 0. The standard InChI is InChI=1S/C10H12.C4H4O4.2Na/c1-2-9-7-4-5-8(6-7)10(9)3-1;5-3(6)1-2-4(7)8;;/h1-2,4-5,7-10H,3,6H2;1-2H,(H,5,6)(H,7,8);;/q;;2*+1/p-2/b;2-1-;;. The van der Waals surface area contributed by atoms with Crippen molar-refractivity contribution in [3.05, 3.63) is 36.5 Å². The van der Waals surface area contributed by atoms with Crippen LogP contribution in [0.5, 0.6) is 0 Å². The Morgan fingerprint density at radius 1 is 0.950 bits per heavy atom. The minimum atomic E-state index is -1.55. The third-order valence-electron chi connectivity index (χ3n) is 3.81. The van der Waals surface area contributed by atoms with Crippen LogP contribution in [0.3, 0.4) is 0 Å². The minimum absolute atomic E-state index is 0. The second kappa shape index (κ2) is 9.23. The van der Waals surface area contributed by atoms with E-state index in [1.165, 1.54) is 12.8 Å². The van der Waals surface area contributed by atoms with Gasteiger partial charge in [-0.15, -0.1) is 0 Å². The molecule has 1 fully saturated rings. The van der Waals surface area contributed by atoms with Gasteiger partial charge >= 0.3 is 59.1 Å². The van der Waals surface area contributed by atoms with E-state index >= 15 is 0 Å². The van der Waals surface area contributed by atoms with Gasteiger partial charge in [0, 0.05) is 0 Å². The maximum Gasteiger partial charge on any atom is 1.00 e. The van der Waals surface area contributed by atoms with Crippen molar-refractivity contribution in [1.82, 2.24) is 0 Å². The molecule has 0 amide bonds. The third-order valence-corrected chi connectivity index (χ3v) is 3.81. The van der Waals surface area contributed by atoms with E-state index in [2.05, 4.69) is 24.3 Å². The van der Waals surface area contributed by atoms with E-state index in [4.69, 9.17) is 0 Å². The number of hydrogen-bond acceptors (Lipinski definition) is 4. The van der Waals surface area contributed by atoms with Gasteiger partial charge in [0.2, 0.25) is 0 Å². The molecule has 20 heavy (non-hydrogen) atoms. The predicted octanol–water partition coefficient (Wildman–Crippen LogP) is -6.56. The molecule has 96 valence electrons. The Labute approximate surface area is 162 Å². The number of carboxylic acid groups (broad SMARTS) is 2. The number of carbonyl (C=O) groups is 2. The van der Waals surface area contributed by atoms with Gasteiger partial charge in [-0.05, 0) is 48.7 Å². The van der Waals surface area contributed by atoms with Crippen LogP contribution in [0.4, 0.5) is 0 Å². The number of hydrogen-bond donors (Lipinski definition) is 0. The maximum absolute atomic E-state index is 9.41. The van der Waals surface area contributed by atoms with Crippen LogP contribution in [0.15, 0.2) is 36.5 Å². The molecule has 0 aliphatic heterocycles. The first-order chi connectivity index (χ1) is 8.58. The van der Waals surface area contributed by atoms with Gasteiger partial charge in [-0.3, -0.25) is 0 Å². The van der Waals surface area contributed by atoms with Gasteiger partial charge in [-0.25, -0.2) is 0 Å². The fourth-order valence-electron chi connectivity index (χ4n) is 3.11. The van der Waals surface area contributed by atoms with Crippen LogP contribution < -0.4 is 69.3 Å². The van der Waals surface area contributed by atoms with Crippen LogP contribution in [0.25, 0.3) is 0 Å². The number of carbonyl (C=O) groups excluding carboxylic acids is 2. The number of rotatable bonds is 2. The molecule has 1 saturated carbocycles. The summed E-state index contributed by atoms with van der Waals surface area (Å²) in [6.45, 7) is 0. The van der Waals surface area contributed by atoms with Crippen LogP contribution in [0.2, 0.25) is 0 Å². The molecule has 6 heteroatoms. The molecular weight excluding hydrogens is 278 g/mol. The van der Waals surface area contributed by atoms with E-state index in [1.807, 2.05) is 0 Å². The summed E-state index contributed by atoms with van der Waals surface area (Å²) in [4.78, 5) is 18.8. The van der Waals surface area contributed by atoms with E-state index in [0.717, 1.165) is 23.7 Å². The van der Waals surface area contributed by atoms with Crippen LogP contribution in [0, 0.1) is 23.7 Å². The summed E-state index contributed by atoms with van der Waals surface area (Å²) in [5.74, 6) is 0.729. The molecule has 0 aromatic heterocycles. The summed E-state index contributed by atoms with van der Waals surface area (Å²) in [6.07, 6.45) is 13.3. The van der Waals surface area contributed by atoms with Crippen molar-refractivity contribution in [2.75, 3.05) is 0 Å². The topological polar surface area (TPSA) is 80.3 Å². The molecule has 3 aliphatic rings. The smallest absolute Gasteiger partial charge is 0.545 e. The van der Waals surface area contributed by atoms with Gasteiger partial charge in [0.1, 0.15) is 0 Å². The fourth-order valence-corrected chi connectivity index (χ4v) is 3.11. The number of allylic oxidation sites excluding steroid dienone is 4. The SMILES string of the molecule is C1=CC2C3C=CC(C3)C2C1.O=C([O-])/C=C\C(=O)[O-].[Na+].[Na+]. The Morgan fingerprint density at radius 2 is 1.50 bits per heavy atom. The van der Waals surface area contributed by atoms with Crippen molar-refractivity contribution in [2.45, 2.75) is 12.8 Å². The van der Waals surface area contributed by atoms with E-state index in [-0.39, 0.29) is 59.1 Å². The largest absolute Gasteiger partial charge is 1.00 e. The first kappa shape index (κ1) is 20.2. The second-order valence-corrected chi connectivity index (χ2v) is 4.82. The van der Waals surface area contributed by atoms with E-state index in [9.17, 15) is 19.8 Å². The average molecular weight is 292 g/mol. The average Bonchev–Trinajstić information content (AvgIpc) is 2.99. The molecule has 4 unspecified atom stereocenters. The molecule has 0 aromatic rings.